The Morgan fingerprint density at radius 1 is 1.10 bits per heavy atom. The first-order valence-corrected chi connectivity index (χ1v) is 6.93. The van der Waals surface area contributed by atoms with Crippen molar-refractivity contribution in [3.05, 3.63) is 54.1 Å². The van der Waals surface area contributed by atoms with Gasteiger partial charge in [0.2, 0.25) is 0 Å². The highest BCUT2D eigenvalue weighted by Crippen LogP contribution is 2.33. The number of rotatable bonds is 2. The molecule has 4 rings (SSSR count). The van der Waals surface area contributed by atoms with Crippen LogP contribution in [0.4, 0.5) is 0 Å². The molecule has 0 unspecified atom stereocenters. The maximum atomic E-state index is 4.49. The van der Waals surface area contributed by atoms with Crippen LogP contribution in [0, 0.1) is 6.92 Å². The van der Waals surface area contributed by atoms with Crippen molar-refractivity contribution >= 4 is 22.8 Å². The molecule has 2 aromatic heterocycles. The van der Waals surface area contributed by atoms with Crippen LogP contribution in [0.2, 0.25) is 0 Å². The predicted molar refractivity (Wildman–Crippen MR) is 85.4 cm³/mol. The van der Waals surface area contributed by atoms with Crippen LogP contribution in [0.25, 0.3) is 27.7 Å². The van der Waals surface area contributed by atoms with Gasteiger partial charge in [0.15, 0.2) is 0 Å². The lowest BCUT2D eigenvalue weighted by atomic mass is 9.98. The van der Waals surface area contributed by atoms with Gasteiger partial charge in [0, 0.05) is 23.5 Å². The Bertz CT molecular complexity index is 887. The first-order chi connectivity index (χ1) is 10.3. The summed E-state index contributed by atoms with van der Waals surface area (Å²) in [6.45, 7) is 2.85. The van der Waals surface area contributed by atoms with Crippen molar-refractivity contribution < 1.29 is 0 Å². The van der Waals surface area contributed by atoms with E-state index in [1.165, 1.54) is 11.1 Å². The summed E-state index contributed by atoms with van der Waals surface area (Å²) in [6.07, 6.45) is 7.59. The molecule has 3 aromatic rings. The van der Waals surface area contributed by atoms with Crippen molar-refractivity contribution in [2.45, 2.75) is 6.92 Å². The summed E-state index contributed by atoms with van der Waals surface area (Å²) in [6, 6.07) is 8.36. The number of nitrogens with zero attached hydrogens (tertiary/aromatic N) is 3. The number of allylic oxidation sites excluding steroid dienone is 1. The molecule has 0 amide bonds. The average molecular weight is 274 g/mol. The SMILES string of the molecule is Cc1ccccc1-c1c[nH]c2ncnc(C3=CCN=C3)c12. The smallest absolute Gasteiger partial charge is 0.141 e. The Hall–Kier alpha value is -2.75. The van der Waals surface area contributed by atoms with Gasteiger partial charge in [-0.25, -0.2) is 9.97 Å². The Labute approximate surface area is 122 Å². The van der Waals surface area contributed by atoms with E-state index in [0.29, 0.717) is 0 Å². The molecule has 1 aliphatic rings. The van der Waals surface area contributed by atoms with Crippen molar-refractivity contribution in [3.8, 4) is 11.1 Å². The second-order valence-corrected chi connectivity index (χ2v) is 5.12. The van der Waals surface area contributed by atoms with E-state index in [4.69, 9.17) is 0 Å². The Kier molecular flexibility index (Phi) is 2.67. The molecular formula is C17H14N4. The summed E-state index contributed by atoms with van der Waals surface area (Å²) in [5.41, 5.74) is 6.45. The van der Waals surface area contributed by atoms with Crippen LogP contribution in [-0.2, 0) is 0 Å². The molecule has 0 aliphatic carbocycles. The van der Waals surface area contributed by atoms with Crippen LogP contribution in [0.15, 0.2) is 47.9 Å². The molecule has 3 heterocycles. The van der Waals surface area contributed by atoms with E-state index in [1.807, 2.05) is 12.4 Å². The molecular weight excluding hydrogens is 260 g/mol. The maximum absolute atomic E-state index is 4.49. The lowest BCUT2D eigenvalue weighted by Crippen LogP contribution is -1.93. The molecule has 1 aliphatic heterocycles. The van der Waals surface area contributed by atoms with Crippen molar-refractivity contribution in [1.82, 2.24) is 15.0 Å². The monoisotopic (exact) mass is 274 g/mol. The van der Waals surface area contributed by atoms with Gasteiger partial charge in [0.1, 0.15) is 12.0 Å². The molecule has 0 saturated heterocycles. The second kappa shape index (κ2) is 4.66. The molecule has 0 spiro atoms. The fraction of sp³-hybridized carbons (Fsp3) is 0.118. The summed E-state index contributed by atoms with van der Waals surface area (Å²) >= 11 is 0. The molecule has 102 valence electrons. The van der Waals surface area contributed by atoms with Crippen LogP contribution in [0.3, 0.4) is 0 Å². The Morgan fingerprint density at radius 2 is 2.00 bits per heavy atom. The van der Waals surface area contributed by atoms with E-state index in [2.05, 4.69) is 57.2 Å². The quantitative estimate of drug-likeness (QED) is 0.778. The number of aromatic nitrogens is 3. The van der Waals surface area contributed by atoms with Gasteiger partial charge in [0.25, 0.3) is 0 Å². The van der Waals surface area contributed by atoms with Crippen molar-refractivity contribution in [1.29, 1.82) is 0 Å². The van der Waals surface area contributed by atoms with E-state index in [9.17, 15) is 0 Å². The van der Waals surface area contributed by atoms with E-state index < -0.39 is 0 Å². The Balaban J connectivity index is 2.03. The van der Waals surface area contributed by atoms with Crippen molar-refractivity contribution in [2.24, 2.45) is 4.99 Å². The summed E-state index contributed by atoms with van der Waals surface area (Å²) < 4.78 is 0. The largest absolute Gasteiger partial charge is 0.345 e. The maximum Gasteiger partial charge on any atom is 0.141 e. The highest BCUT2D eigenvalue weighted by Gasteiger charge is 2.16. The molecule has 0 fully saturated rings. The van der Waals surface area contributed by atoms with Gasteiger partial charge in [-0.05, 0) is 18.1 Å². The second-order valence-electron chi connectivity index (χ2n) is 5.12. The van der Waals surface area contributed by atoms with Crippen LogP contribution in [-0.4, -0.2) is 27.7 Å². The molecule has 1 aromatic carbocycles. The first-order valence-electron chi connectivity index (χ1n) is 6.93. The summed E-state index contributed by atoms with van der Waals surface area (Å²) in [5, 5.41) is 1.06. The van der Waals surface area contributed by atoms with E-state index in [1.54, 1.807) is 6.33 Å². The molecule has 21 heavy (non-hydrogen) atoms. The van der Waals surface area contributed by atoms with Crippen LogP contribution in [0.1, 0.15) is 11.3 Å². The number of aliphatic imine (C=N–C) groups is 1. The van der Waals surface area contributed by atoms with Gasteiger partial charge in [-0.3, -0.25) is 4.99 Å². The molecule has 0 saturated carbocycles. The topological polar surface area (TPSA) is 53.9 Å². The zero-order chi connectivity index (χ0) is 14.2. The zero-order valence-electron chi connectivity index (χ0n) is 11.7. The minimum atomic E-state index is 0.727. The molecule has 0 bridgehead atoms. The molecule has 1 N–H and O–H groups in total. The average Bonchev–Trinajstić information content (AvgIpc) is 3.17. The van der Waals surface area contributed by atoms with Crippen molar-refractivity contribution in [3.63, 3.8) is 0 Å². The first kappa shape index (κ1) is 12.0. The van der Waals surface area contributed by atoms with Gasteiger partial charge >= 0.3 is 0 Å². The third-order valence-electron chi connectivity index (χ3n) is 3.83. The fourth-order valence-electron chi connectivity index (χ4n) is 2.78. The van der Waals surface area contributed by atoms with E-state index in [0.717, 1.165) is 34.4 Å². The standard InChI is InChI=1S/C17H14N4/c1-11-4-2-3-5-13(11)14-9-19-17-15(14)16(20-10-21-17)12-6-7-18-8-12/h2-6,8-10H,7H2,1H3,(H,19,20,21). The van der Waals surface area contributed by atoms with Gasteiger partial charge < -0.3 is 4.98 Å². The fourth-order valence-corrected chi connectivity index (χ4v) is 2.78. The number of nitrogens with one attached hydrogen (secondary N) is 1. The van der Waals surface area contributed by atoms with E-state index >= 15 is 0 Å². The molecule has 4 nitrogen and oxygen atoms in total. The lowest BCUT2D eigenvalue weighted by Gasteiger charge is -2.06. The molecule has 0 radical (unpaired) electrons. The van der Waals surface area contributed by atoms with Crippen LogP contribution >= 0.6 is 0 Å². The van der Waals surface area contributed by atoms with Gasteiger partial charge in [-0.1, -0.05) is 30.3 Å². The number of aromatic amines is 1. The molecule has 4 heteroatoms. The normalized spacial score (nSPS) is 13.9. The number of benzene rings is 1. The zero-order valence-corrected chi connectivity index (χ0v) is 11.7. The van der Waals surface area contributed by atoms with Gasteiger partial charge in [-0.2, -0.15) is 0 Å². The minimum absolute atomic E-state index is 0.727. The van der Waals surface area contributed by atoms with E-state index in [-0.39, 0.29) is 0 Å². The molecule has 0 atom stereocenters. The summed E-state index contributed by atoms with van der Waals surface area (Å²) in [4.78, 5) is 16.4. The van der Waals surface area contributed by atoms with Gasteiger partial charge in [-0.15, -0.1) is 0 Å². The lowest BCUT2D eigenvalue weighted by molar-refractivity contribution is 1.18. The summed E-state index contributed by atoms with van der Waals surface area (Å²) in [7, 11) is 0. The van der Waals surface area contributed by atoms with Gasteiger partial charge in [0.05, 0.1) is 17.6 Å². The van der Waals surface area contributed by atoms with Crippen LogP contribution in [0.5, 0.6) is 0 Å². The number of fused-ring (bicyclic) bond motifs is 1. The highest BCUT2D eigenvalue weighted by atomic mass is 14.9. The predicted octanol–water partition coefficient (Wildman–Crippen LogP) is 3.40. The number of aryl methyl sites for hydroxylation is 1. The number of hydrogen-bond donors (Lipinski definition) is 1. The highest BCUT2D eigenvalue weighted by molar-refractivity contribution is 6.16. The number of hydrogen-bond acceptors (Lipinski definition) is 3. The van der Waals surface area contributed by atoms with Crippen LogP contribution < -0.4 is 0 Å². The summed E-state index contributed by atoms with van der Waals surface area (Å²) in [5.74, 6) is 0. The third kappa shape index (κ3) is 1.88. The number of H-pyrrole nitrogens is 1. The van der Waals surface area contributed by atoms with Crippen molar-refractivity contribution in [2.75, 3.05) is 6.54 Å². The third-order valence-corrected chi connectivity index (χ3v) is 3.83. The Morgan fingerprint density at radius 3 is 2.81 bits per heavy atom. The minimum Gasteiger partial charge on any atom is -0.345 e.